The van der Waals surface area contributed by atoms with E-state index in [1.807, 2.05) is 6.33 Å². The van der Waals surface area contributed by atoms with Crippen LogP contribution in [0, 0.1) is 0 Å². The Morgan fingerprint density at radius 3 is 2.59 bits per heavy atom. The summed E-state index contributed by atoms with van der Waals surface area (Å²) in [5, 5.41) is 3.71. The van der Waals surface area contributed by atoms with Gasteiger partial charge in [0.25, 0.3) is 0 Å². The first-order valence-electron chi connectivity index (χ1n) is 14.3. The van der Waals surface area contributed by atoms with Gasteiger partial charge in [-0.2, -0.15) is 0 Å². The molecule has 3 aliphatic rings. The van der Waals surface area contributed by atoms with Gasteiger partial charge in [-0.05, 0) is 73.9 Å². The number of anilines is 2. The Kier molecular flexibility index (Phi) is 6.76. The molecule has 1 saturated heterocycles. The number of benzene rings is 2. The summed E-state index contributed by atoms with van der Waals surface area (Å²) >= 11 is 0. The molecule has 1 fully saturated rings. The van der Waals surface area contributed by atoms with Crippen molar-refractivity contribution in [2.24, 2.45) is 0 Å². The van der Waals surface area contributed by atoms with E-state index in [2.05, 4.69) is 84.4 Å². The summed E-state index contributed by atoms with van der Waals surface area (Å²) in [6, 6.07) is 18.4. The second kappa shape index (κ2) is 10.2. The fourth-order valence-corrected chi connectivity index (χ4v) is 7.05. The quantitative estimate of drug-likeness (QED) is 0.429. The highest BCUT2D eigenvalue weighted by Gasteiger charge is 2.47. The van der Waals surface area contributed by atoms with Crippen molar-refractivity contribution in [3.63, 3.8) is 0 Å². The Balaban J connectivity index is 1.36. The molecule has 1 aliphatic carbocycles. The van der Waals surface area contributed by atoms with Crippen molar-refractivity contribution in [2.45, 2.75) is 83.3 Å². The zero-order chi connectivity index (χ0) is 25.4. The maximum Gasteiger partial charge on any atom is 0.140 e. The van der Waals surface area contributed by atoms with E-state index in [-0.39, 0.29) is 5.41 Å². The normalized spacial score (nSPS) is 20.5. The lowest BCUT2D eigenvalue weighted by molar-refractivity contribution is 0.160. The zero-order valence-electron chi connectivity index (χ0n) is 22.7. The first-order valence-corrected chi connectivity index (χ1v) is 14.3. The number of nitrogens with zero attached hydrogens (tertiary/aromatic N) is 4. The van der Waals surface area contributed by atoms with E-state index in [0.29, 0.717) is 12.0 Å². The minimum absolute atomic E-state index is 0.163. The number of fused-ring (bicyclic) bond motifs is 3. The second-order valence-electron chi connectivity index (χ2n) is 11.7. The van der Waals surface area contributed by atoms with E-state index in [9.17, 15) is 0 Å². The van der Waals surface area contributed by atoms with Crippen molar-refractivity contribution < 1.29 is 0 Å². The van der Waals surface area contributed by atoms with Crippen LogP contribution in [0.3, 0.4) is 0 Å². The topological polar surface area (TPSA) is 44.3 Å². The van der Waals surface area contributed by atoms with Crippen molar-refractivity contribution in [1.82, 2.24) is 20.2 Å². The van der Waals surface area contributed by atoms with Crippen LogP contribution in [0.5, 0.6) is 0 Å². The Bertz CT molecular complexity index is 1230. The number of piperidine rings is 1. The van der Waals surface area contributed by atoms with Crippen molar-refractivity contribution in [3.8, 4) is 0 Å². The number of hydrogen-bond acceptors (Lipinski definition) is 5. The third-order valence-electron chi connectivity index (χ3n) is 9.01. The summed E-state index contributed by atoms with van der Waals surface area (Å²) in [4.78, 5) is 14.9. The highest BCUT2D eigenvalue weighted by atomic mass is 15.2. The van der Waals surface area contributed by atoms with Crippen LogP contribution in [-0.2, 0) is 24.9 Å². The van der Waals surface area contributed by atoms with Crippen molar-refractivity contribution in [2.75, 3.05) is 24.5 Å². The highest BCUT2D eigenvalue weighted by molar-refractivity contribution is 5.75. The first-order chi connectivity index (χ1) is 18.1. The standard InChI is InChI=1S/C32H41N5/c1-4-25-13-14-27-29(25)31(35-22-34-27)37-21-32(30-26(19-33-23(2)3)11-8-12-28(30)37)15-17-36(18-16-32)20-24-9-6-5-7-10-24/h5-12,22-23,25,33H,4,13-21H2,1-3H3. The molecule has 0 radical (unpaired) electrons. The molecule has 3 aromatic rings. The smallest absolute Gasteiger partial charge is 0.140 e. The molecule has 1 atom stereocenters. The van der Waals surface area contributed by atoms with Crippen LogP contribution < -0.4 is 10.2 Å². The van der Waals surface area contributed by atoms with E-state index >= 15 is 0 Å². The molecule has 0 bridgehead atoms. The molecule has 5 heteroatoms. The van der Waals surface area contributed by atoms with Crippen LogP contribution in [-0.4, -0.2) is 40.5 Å². The van der Waals surface area contributed by atoms with Crippen LogP contribution in [0.25, 0.3) is 0 Å². The minimum atomic E-state index is 0.163. The SMILES string of the molecule is CCC1CCc2ncnc(N3CC4(CCN(Cc5ccccc5)CC4)c4c(CNC(C)C)cccc43)c21. The second-order valence-corrected chi connectivity index (χ2v) is 11.7. The van der Waals surface area contributed by atoms with E-state index < -0.39 is 0 Å². The van der Waals surface area contributed by atoms with Gasteiger partial charge < -0.3 is 10.2 Å². The number of aromatic nitrogens is 2. The number of rotatable bonds is 7. The molecule has 2 aromatic carbocycles. The number of hydrogen-bond donors (Lipinski definition) is 1. The third-order valence-corrected chi connectivity index (χ3v) is 9.01. The average Bonchev–Trinajstić information content (AvgIpc) is 3.49. The van der Waals surface area contributed by atoms with Gasteiger partial charge in [-0.15, -0.1) is 0 Å². The van der Waals surface area contributed by atoms with Crippen LogP contribution >= 0.6 is 0 Å². The van der Waals surface area contributed by atoms with Crippen LogP contribution in [0.4, 0.5) is 11.5 Å². The molecule has 1 spiro atoms. The highest BCUT2D eigenvalue weighted by Crippen LogP contribution is 2.53. The number of aryl methyl sites for hydroxylation is 1. The Morgan fingerprint density at radius 2 is 1.84 bits per heavy atom. The van der Waals surface area contributed by atoms with Gasteiger partial charge in [-0.1, -0.05) is 63.2 Å². The minimum Gasteiger partial charge on any atom is -0.325 e. The molecule has 1 aromatic heterocycles. The van der Waals surface area contributed by atoms with E-state index in [1.54, 1.807) is 5.56 Å². The number of likely N-dealkylation sites (tertiary alicyclic amines) is 1. The van der Waals surface area contributed by atoms with Crippen LogP contribution in [0.2, 0.25) is 0 Å². The predicted molar refractivity (Wildman–Crippen MR) is 151 cm³/mol. The van der Waals surface area contributed by atoms with Crippen LogP contribution in [0.15, 0.2) is 54.9 Å². The summed E-state index contributed by atoms with van der Waals surface area (Å²) in [5.41, 5.74) is 8.67. The van der Waals surface area contributed by atoms with E-state index in [0.717, 1.165) is 45.6 Å². The van der Waals surface area contributed by atoms with Gasteiger partial charge >= 0.3 is 0 Å². The third kappa shape index (κ3) is 4.57. The van der Waals surface area contributed by atoms with Gasteiger partial charge in [0, 0.05) is 48.0 Å². The fourth-order valence-electron chi connectivity index (χ4n) is 7.05. The van der Waals surface area contributed by atoms with Crippen LogP contribution in [0.1, 0.15) is 80.3 Å². The monoisotopic (exact) mass is 495 g/mol. The predicted octanol–water partition coefficient (Wildman–Crippen LogP) is 6.10. The molecule has 37 heavy (non-hydrogen) atoms. The maximum atomic E-state index is 4.97. The lowest BCUT2D eigenvalue weighted by atomic mass is 9.72. The Labute approximate surface area is 222 Å². The largest absolute Gasteiger partial charge is 0.325 e. The molecular formula is C32H41N5. The van der Waals surface area contributed by atoms with E-state index in [1.165, 1.54) is 53.2 Å². The summed E-state index contributed by atoms with van der Waals surface area (Å²) in [6.07, 6.45) is 7.63. The van der Waals surface area contributed by atoms with E-state index in [4.69, 9.17) is 9.97 Å². The number of nitrogens with one attached hydrogen (secondary N) is 1. The lowest BCUT2D eigenvalue weighted by Gasteiger charge is -2.41. The van der Waals surface area contributed by atoms with Gasteiger partial charge in [0.15, 0.2) is 0 Å². The molecule has 1 unspecified atom stereocenters. The van der Waals surface area contributed by atoms with Gasteiger partial charge in [0.1, 0.15) is 12.1 Å². The molecule has 2 aliphatic heterocycles. The molecule has 1 N–H and O–H groups in total. The summed E-state index contributed by atoms with van der Waals surface area (Å²) in [5.74, 6) is 1.75. The van der Waals surface area contributed by atoms with Crippen molar-refractivity contribution in [1.29, 1.82) is 0 Å². The Hall–Kier alpha value is -2.76. The van der Waals surface area contributed by atoms with Gasteiger partial charge in [-0.3, -0.25) is 4.90 Å². The molecule has 3 heterocycles. The summed E-state index contributed by atoms with van der Waals surface area (Å²) < 4.78 is 0. The summed E-state index contributed by atoms with van der Waals surface area (Å²) in [6.45, 7) is 12.0. The maximum absolute atomic E-state index is 4.97. The van der Waals surface area contributed by atoms with Gasteiger partial charge in [-0.25, -0.2) is 9.97 Å². The first kappa shape index (κ1) is 24.6. The molecular weight excluding hydrogens is 454 g/mol. The molecule has 5 nitrogen and oxygen atoms in total. The van der Waals surface area contributed by atoms with Gasteiger partial charge in [0.2, 0.25) is 0 Å². The Morgan fingerprint density at radius 1 is 1.03 bits per heavy atom. The molecule has 0 amide bonds. The molecule has 6 rings (SSSR count). The zero-order valence-corrected chi connectivity index (χ0v) is 22.7. The summed E-state index contributed by atoms with van der Waals surface area (Å²) in [7, 11) is 0. The fraction of sp³-hybridized carbons (Fsp3) is 0.500. The van der Waals surface area contributed by atoms with Gasteiger partial charge in [0.05, 0.1) is 0 Å². The average molecular weight is 496 g/mol. The lowest BCUT2D eigenvalue weighted by Crippen LogP contribution is -2.45. The molecule has 0 saturated carbocycles. The van der Waals surface area contributed by atoms with Crippen molar-refractivity contribution >= 4 is 11.5 Å². The molecule has 194 valence electrons. The van der Waals surface area contributed by atoms with Crippen molar-refractivity contribution in [3.05, 3.63) is 82.8 Å².